The van der Waals surface area contributed by atoms with Crippen LogP contribution in [0.25, 0.3) is 0 Å². The summed E-state index contributed by atoms with van der Waals surface area (Å²) in [6.07, 6.45) is 0. The van der Waals surface area contributed by atoms with Gasteiger partial charge in [0.15, 0.2) is 0 Å². The quantitative estimate of drug-likeness (QED) is 0.917. The van der Waals surface area contributed by atoms with Gasteiger partial charge in [-0.1, -0.05) is 6.07 Å². The Bertz CT molecular complexity index is 515. The van der Waals surface area contributed by atoms with Gasteiger partial charge in [0.05, 0.1) is 6.04 Å². The number of anilines is 2. The Kier molecular flexibility index (Phi) is 4.01. The zero-order chi connectivity index (χ0) is 14.8. The van der Waals surface area contributed by atoms with Gasteiger partial charge in [-0.15, -0.1) is 0 Å². The number of urea groups is 1. The monoisotopic (exact) mass is 288 g/mol. The van der Waals surface area contributed by atoms with Crippen molar-refractivity contribution in [3.63, 3.8) is 0 Å². The smallest absolute Gasteiger partial charge is 0.324 e. The first-order chi connectivity index (χ1) is 10.2. The standard InChI is InChI=1S/C16H24N4O/c1-3-18(4-2)13-6-5-7-14(10-13)20-12-15-11-17-8-9-19(15)16(20)21/h5-7,10,15,17H,3-4,8-9,11-12H2,1-2H3. The molecule has 21 heavy (non-hydrogen) atoms. The van der Waals surface area contributed by atoms with E-state index < -0.39 is 0 Å². The molecule has 0 aromatic heterocycles. The van der Waals surface area contributed by atoms with Crippen LogP contribution in [0, 0.1) is 0 Å². The van der Waals surface area contributed by atoms with Gasteiger partial charge in [-0.05, 0) is 32.0 Å². The number of fused-ring (bicyclic) bond motifs is 1. The van der Waals surface area contributed by atoms with E-state index in [2.05, 4.69) is 36.2 Å². The van der Waals surface area contributed by atoms with Crippen molar-refractivity contribution in [3.05, 3.63) is 24.3 Å². The first kappa shape index (κ1) is 14.2. The van der Waals surface area contributed by atoms with Crippen molar-refractivity contribution in [1.82, 2.24) is 10.2 Å². The van der Waals surface area contributed by atoms with E-state index in [-0.39, 0.29) is 6.03 Å². The number of piperazine rings is 1. The van der Waals surface area contributed by atoms with Crippen LogP contribution in [0.4, 0.5) is 16.2 Å². The van der Waals surface area contributed by atoms with E-state index >= 15 is 0 Å². The maximum Gasteiger partial charge on any atom is 0.324 e. The lowest BCUT2D eigenvalue weighted by molar-refractivity contribution is 0.193. The number of hydrogen-bond donors (Lipinski definition) is 1. The fraction of sp³-hybridized carbons (Fsp3) is 0.562. The van der Waals surface area contributed by atoms with Crippen LogP contribution in [0.1, 0.15) is 13.8 Å². The average molecular weight is 288 g/mol. The van der Waals surface area contributed by atoms with Crippen LogP contribution in [0.5, 0.6) is 0 Å². The van der Waals surface area contributed by atoms with Crippen LogP contribution in [0.2, 0.25) is 0 Å². The van der Waals surface area contributed by atoms with Gasteiger partial charge < -0.3 is 15.1 Å². The lowest BCUT2D eigenvalue weighted by Crippen LogP contribution is -2.49. The highest BCUT2D eigenvalue weighted by molar-refractivity contribution is 5.95. The minimum atomic E-state index is 0.151. The van der Waals surface area contributed by atoms with Gasteiger partial charge >= 0.3 is 6.03 Å². The Hall–Kier alpha value is -1.75. The van der Waals surface area contributed by atoms with Gasteiger partial charge in [0.1, 0.15) is 0 Å². The normalized spacial score (nSPS) is 21.6. The first-order valence-electron chi connectivity index (χ1n) is 7.88. The van der Waals surface area contributed by atoms with Crippen molar-refractivity contribution in [2.45, 2.75) is 19.9 Å². The molecule has 1 aromatic carbocycles. The van der Waals surface area contributed by atoms with Gasteiger partial charge in [-0.2, -0.15) is 0 Å². The highest BCUT2D eigenvalue weighted by Crippen LogP contribution is 2.28. The van der Waals surface area contributed by atoms with Gasteiger partial charge in [0.2, 0.25) is 0 Å². The first-order valence-corrected chi connectivity index (χ1v) is 7.88. The van der Waals surface area contributed by atoms with E-state index in [1.807, 2.05) is 21.9 Å². The van der Waals surface area contributed by atoms with Crippen molar-refractivity contribution >= 4 is 17.4 Å². The Morgan fingerprint density at radius 3 is 2.86 bits per heavy atom. The molecular formula is C16H24N4O. The van der Waals surface area contributed by atoms with Crippen LogP contribution in [-0.4, -0.2) is 56.2 Å². The number of nitrogens with one attached hydrogen (secondary N) is 1. The third-order valence-corrected chi connectivity index (χ3v) is 4.49. The van der Waals surface area contributed by atoms with Crippen molar-refractivity contribution in [1.29, 1.82) is 0 Å². The molecular weight excluding hydrogens is 264 g/mol. The maximum atomic E-state index is 12.6. The molecule has 0 saturated carbocycles. The van der Waals surface area contributed by atoms with Crippen LogP contribution in [0.3, 0.4) is 0 Å². The molecule has 3 rings (SSSR count). The molecule has 1 atom stereocenters. The highest BCUT2D eigenvalue weighted by Gasteiger charge is 2.39. The Labute approximate surface area is 126 Å². The fourth-order valence-corrected chi connectivity index (χ4v) is 3.28. The minimum absolute atomic E-state index is 0.151. The molecule has 2 aliphatic rings. The molecule has 0 bridgehead atoms. The predicted octanol–water partition coefficient (Wildman–Crippen LogP) is 1.75. The molecule has 1 N–H and O–H groups in total. The molecule has 2 amide bonds. The molecule has 2 saturated heterocycles. The second-order valence-corrected chi connectivity index (χ2v) is 5.64. The summed E-state index contributed by atoms with van der Waals surface area (Å²) in [6, 6.07) is 8.80. The SMILES string of the molecule is CCN(CC)c1cccc(N2CC3CNCCN3C2=O)c1. The molecule has 5 nitrogen and oxygen atoms in total. The molecule has 1 unspecified atom stereocenters. The van der Waals surface area contributed by atoms with Crippen LogP contribution >= 0.6 is 0 Å². The van der Waals surface area contributed by atoms with Gasteiger partial charge in [0.25, 0.3) is 0 Å². The van der Waals surface area contributed by atoms with E-state index in [0.717, 1.165) is 45.0 Å². The third-order valence-electron chi connectivity index (χ3n) is 4.49. The number of hydrogen-bond acceptors (Lipinski definition) is 3. The van der Waals surface area contributed by atoms with Crippen LogP contribution < -0.4 is 15.1 Å². The van der Waals surface area contributed by atoms with Crippen molar-refractivity contribution in [2.24, 2.45) is 0 Å². The van der Waals surface area contributed by atoms with Crippen LogP contribution in [0.15, 0.2) is 24.3 Å². The number of carbonyl (C=O) groups is 1. The summed E-state index contributed by atoms with van der Waals surface area (Å²) in [5.41, 5.74) is 2.20. The lowest BCUT2D eigenvalue weighted by atomic mass is 10.2. The Morgan fingerprint density at radius 1 is 1.33 bits per heavy atom. The average Bonchev–Trinajstić information content (AvgIpc) is 2.87. The van der Waals surface area contributed by atoms with Gasteiger partial charge in [0, 0.05) is 50.6 Å². The molecule has 2 heterocycles. The van der Waals surface area contributed by atoms with E-state index in [1.54, 1.807) is 0 Å². The number of benzene rings is 1. The molecule has 5 heteroatoms. The Balaban J connectivity index is 1.84. The zero-order valence-electron chi connectivity index (χ0n) is 12.9. The summed E-state index contributed by atoms with van der Waals surface area (Å²) in [5, 5.41) is 3.37. The number of nitrogens with zero attached hydrogens (tertiary/aromatic N) is 3. The summed E-state index contributed by atoms with van der Waals surface area (Å²) in [7, 11) is 0. The molecule has 0 radical (unpaired) electrons. The number of carbonyl (C=O) groups excluding carboxylic acids is 1. The zero-order valence-corrected chi connectivity index (χ0v) is 12.9. The summed E-state index contributed by atoms with van der Waals surface area (Å²) >= 11 is 0. The molecule has 2 aliphatic heterocycles. The van der Waals surface area contributed by atoms with E-state index in [9.17, 15) is 4.79 Å². The van der Waals surface area contributed by atoms with Crippen molar-refractivity contribution in [2.75, 3.05) is 49.1 Å². The summed E-state index contributed by atoms with van der Waals surface area (Å²) in [5.74, 6) is 0. The molecule has 0 spiro atoms. The maximum absolute atomic E-state index is 12.6. The molecule has 0 aliphatic carbocycles. The molecule has 114 valence electrons. The summed E-state index contributed by atoms with van der Waals surface area (Å²) < 4.78 is 0. The number of rotatable bonds is 4. The second kappa shape index (κ2) is 5.93. The van der Waals surface area contributed by atoms with Crippen LogP contribution in [-0.2, 0) is 0 Å². The molecule has 1 aromatic rings. The van der Waals surface area contributed by atoms with Crippen molar-refractivity contribution < 1.29 is 4.79 Å². The second-order valence-electron chi connectivity index (χ2n) is 5.64. The largest absolute Gasteiger partial charge is 0.372 e. The highest BCUT2D eigenvalue weighted by atomic mass is 16.2. The van der Waals surface area contributed by atoms with E-state index in [0.29, 0.717) is 6.04 Å². The Morgan fingerprint density at radius 2 is 2.14 bits per heavy atom. The van der Waals surface area contributed by atoms with E-state index in [4.69, 9.17) is 0 Å². The van der Waals surface area contributed by atoms with Gasteiger partial charge in [-0.25, -0.2) is 4.79 Å². The predicted molar refractivity (Wildman–Crippen MR) is 86.1 cm³/mol. The third kappa shape index (κ3) is 2.58. The topological polar surface area (TPSA) is 38.8 Å². The lowest BCUT2D eigenvalue weighted by Gasteiger charge is -2.28. The number of amides is 2. The molecule has 2 fully saturated rings. The van der Waals surface area contributed by atoms with E-state index in [1.165, 1.54) is 5.69 Å². The van der Waals surface area contributed by atoms with Crippen molar-refractivity contribution in [3.8, 4) is 0 Å². The van der Waals surface area contributed by atoms with Gasteiger partial charge in [-0.3, -0.25) is 4.90 Å². The minimum Gasteiger partial charge on any atom is -0.372 e. The summed E-state index contributed by atoms with van der Waals surface area (Å²) in [6.45, 7) is 9.67. The summed E-state index contributed by atoms with van der Waals surface area (Å²) in [4.78, 5) is 18.8. The fourth-order valence-electron chi connectivity index (χ4n) is 3.28.